The first-order valence-electron chi connectivity index (χ1n) is 4.91. The number of nitrogens with zero attached hydrogens (tertiary/aromatic N) is 1. The van der Waals surface area contributed by atoms with Crippen LogP contribution in [0.3, 0.4) is 0 Å². The molecule has 0 aliphatic carbocycles. The van der Waals surface area contributed by atoms with Gasteiger partial charge in [-0.2, -0.15) is 25.8 Å². The number of rotatable bonds is 2. The van der Waals surface area contributed by atoms with Gasteiger partial charge in [0.05, 0.1) is 6.42 Å². The number of carbonyl (C=O) groups is 1. The van der Waals surface area contributed by atoms with Crippen molar-refractivity contribution in [2.75, 3.05) is 13.1 Å². The van der Waals surface area contributed by atoms with Gasteiger partial charge in [-0.1, -0.05) is 0 Å². The van der Waals surface area contributed by atoms with Crippen molar-refractivity contribution in [3.8, 4) is 0 Å². The average Bonchev–Trinajstić information content (AvgIpc) is 2.14. The number of alkyl halides is 3. The van der Waals surface area contributed by atoms with Crippen molar-refractivity contribution in [2.24, 2.45) is 0 Å². The maximum Gasteiger partial charge on any atom is 0.389 e. The summed E-state index contributed by atoms with van der Waals surface area (Å²) in [5.41, 5.74) is 0. The van der Waals surface area contributed by atoms with E-state index in [9.17, 15) is 18.0 Å². The molecule has 1 fully saturated rings. The number of hydrogen-bond donors (Lipinski definition) is 1. The highest BCUT2D eigenvalue weighted by Crippen LogP contribution is 2.23. The molecule has 88 valence electrons. The van der Waals surface area contributed by atoms with Crippen molar-refractivity contribution in [1.82, 2.24) is 4.90 Å². The van der Waals surface area contributed by atoms with Gasteiger partial charge in [-0.25, -0.2) is 0 Å². The van der Waals surface area contributed by atoms with Gasteiger partial charge in [0.1, 0.15) is 0 Å². The van der Waals surface area contributed by atoms with Crippen LogP contribution in [0.2, 0.25) is 0 Å². The summed E-state index contributed by atoms with van der Waals surface area (Å²) < 4.78 is 35.6. The van der Waals surface area contributed by atoms with Crippen LogP contribution in [0.25, 0.3) is 0 Å². The fourth-order valence-electron chi connectivity index (χ4n) is 1.52. The minimum atomic E-state index is -4.24. The predicted molar refractivity (Wildman–Crippen MR) is 53.9 cm³/mol. The fraction of sp³-hybridized carbons (Fsp3) is 0.889. The highest BCUT2D eigenvalue weighted by Gasteiger charge is 2.29. The van der Waals surface area contributed by atoms with E-state index in [0.29, 0.717) is 13.1 Å². The molecule has 0 N–H and O–H groups in total. The zero-order chi connectivity index (χ0) is 11.5. The normalized spacial score (nSPS) is 19.3. The van der Waals surface area contributed by atoms with E-state index in [4.69, 9.17) is 0 Å². The Bertz CT molecular complexity index is 224. The minimum absolute atomic E-state index is 0.275. The number of amides is 1. The molecule has 0 spiro atoms. The second kappa shape index (κ2) is 5.09. The molecule has 6 heteroatoms. The standard InChI is InChI=1S/C9H14F3NOS/c10-9(11,12)4-1-8(14)13-5-2-7(15)3-6-13/h7,15H,1-6H2. The smallest absolute Gasteiger partial charge is 0.343 e. The van der Waals surface area contributed by atoms with Crippen LogP contribution < -0.4 is 0 Å². The lowest BCUT2D eigenvalue weighted by Gasteiger charge is -2.30. The van der Waals surface area contributed by atoms with Crippen molar-refractivity contribution < 1.29 is 18.0 Å². The maximum absolute atomic E-state index is 11.9. The fourth-order valence-corrected chi connectivity index (χ4v) is 1.75. The largest absolute Gasteiger partial charge is 0.389 e. The van der Waals surface area contributed by atoms with Gasteiger partial charge in [-0.3, -0.25) is 4.79 Å². The predicted octanol–water partition coefficient (Wildman–Crippen LogP) is 2.25. The van der Waals surface area contributed by atoms with Crippen molar-refractivity contribution in [3.63, 3.8) is 0 Å². The lowest BCUT2D eigenvalue weighted by molar-refractivity contribution is -0.149. The van der Waals surface area contributed by atoms with Gasteiger partial charge >= 0.3 is 6.18 Å². The third-order valence-corrected chi connectivity index (χ3v) is 2.96. The molecule has 1 heterocycles. The van der Waals surface area contributed by atoms with E-state index in [-0.39, 0.29) is 5.25 Å². The Kier molecular flexibility index (Phi) is 4.31. The van der Waals surface area contributed by atoms with E-state index in [1.54, 1.807) is 0 Å². The molecule has 0 unspecified atom stereocenters. The third kappa shape index (κ3) is 4.77. The average molecular weight is 241 g/mol. The molecule has 1 aliphatic rings. The summed E-state index contributed by atoms with van der Waals surface area (Å²) in [7, 11) is 0. The van der Waals surface area contributed by atoms with E-state index in [0.717, 1.165) is 12.8 Å². The van der Waals surface area contributed by atoms with Crippen LogP contribution >= 0.6 is 12.6 Å². The zero-order valence-corrected chi connectivity index (χ0v) is 9.15. The Morgan fingerprint density at radius 2 is 1.87 bits per heavy atom. The Morgan fingerprint density at radius 1 is 1.33 bits per heavy atom. The first kappa shape index (κ1) is 12.7. The lowest BCUT2D eigenvalue weighted by Crippen LogP contribution is -2.39. The Labute approximate surface area is 92.2 Å². The SMILES string of the molecule is O=C(CCC(F)(F)F)N1CCC(S)CC1. The molecule has 0 radical (unpaired) electrons. The molecule has 1 amide bonds. The number of likely N-dealkylation sites (tertiary alicyclic amines) is 1. The Morgan fingerprint density at radius 3 is 2.33 bits per heavy atom. The van der Waals surface area contributed by atoms with E-state index in [2.05, 4.69) is 12.6 Å². The molecule has 1 aliphatic heterocycles. The van der Waals surface area contributed by atoms with Crippen LogP contribution in [-0.2, 0) is 4.79 Å². The van der Waals surface area contributed by atoms with E-state index in [1.807, 2.05) is 0 Å². The first-order valence-corrected chi connectivity index (χ1v) is 5.43. The van der Waals surface area contributed by atoms with E-state index < -0.39 is 24.9 Å². The number of piperidine rings is 1. The monoisotopic (exact) mass is 241 g/mol. The van der Waals surface area contributed by atoms with Crippen LogP contribution in [0.5, 0.6) is 0 Å². The highest BCUT2D eigenvalue weighted by molar-refractivity contribution is 7.80. The molecule has 15 heavy (non-hydrogen) atoms. The van der Waals surface area contributed by atoms with E-state index in [1.165, 1.54) is 4.90 Å². The van der Waals surface area contributed by atoms with Crippen LogP contribution in [-0.4, -0.2) is 35.3 Å². The third-order valence-electron chi connectivity index (χ3n) is 2.44. The van der Waals surface area contributed by atoms with Gasteiger partial charge in [0.25, 0.3) is 0 Å². The van der Waals surface area contributed by atoms with Gasteiger partial charge in [-0.15, -0.1) is 0 Å². The summed E-state index contributed by atoms with van der Waals surface area (Å²) in [5, 5.41) is 0.275. The first-order chi connectivity index (χ1) is 6.88. The number of halogens is 3. The topological polar surface area (TPSA) is 20.3 Å². The number of hydrogen-bond acceptors (Lipinski definition) is 2. The van der Waals surface area contributed by atoms with Gasteiger partial charge in [0.2, 0.25) is 5.91 Å². The maximum atomic E-state index is 11.9. The van der Waals surface area contributed by atoms with Crippen molar-refractivity contribution in [1.29, 1.82) is 0 Å². The summed E-state index contributed by atoms with van der Waals surface area (Å²) in [6, 6.07) is 0. The zero-order valence-electron chi connectivity index (χ0n) is 8.26. The van der Waals surface area contributed by atoms with Crippen molar-refractivity contribution >= 4 is 18.5 Å². The lowest BCUT2D eigenvalue weighted by atomic mass is 10.1. The molecule has 0 atom stereocenters. The summed E-state index contributed by atoms with van der Waals surface area (Å²) in [5.74, 6) is -0.396. The molecule has 0 aromatic carbocycles. The number of thiol groups is 1. The molecule has 1 rings (SSSR count). The molecule has 2 nitrogen and oxygen atoms in total. The van der Waals surface area contributed by atoms with Gasteiger partial charge in [0, 0.05) is 24.8 Å². The summed E-state index contributed by atoms with van der Waals surface area (Å²) in [6.07, 6.45) is -4.16. The van der Waals surface area contributed by atoms with Gasteiger partial charge in [-0.05, 0) is 12.8 Å². The summed E-state index contributed by atoms with van der Waals surface area (Å²) in [4.78, 5) is 12.9. The number of carbonyl (C=O) groups excluding carboxylic acids is 1. The van der Waals surface area contributed by atoms with Crippen molar-refractivity contribution in [2.45, 2.75) is 37.1 Å². The van der Waals surface area contributed by atoms with Crippen LogP contribution in [0.15, 0.2) is 0 Å². The Balaban J connectivity index is 2.29. The molecular weight excluding hydrogens is 227 g/mol. The molecule has 0 aromatic heterocycles. The highest BCUT2D eigenvalue weighted by atomic mass is 32.1. The Hall–Kier alpha value is -0.390. The van der Waals surface area contributed by atoms with Gasteiger partial charge < -0.3 is 4.90 Å². The van der Waals surface area contributed by atoms with Crippen LogP contribution in [0.4, 0.5) is 13.2 Å². The second-order valence-electron chi connectivity index (χ2n) is 3.73. The van der Waals surface area contributed by atoms with E-state index >= 15 is 0 Å². The minimum Gasteiger partial charge on any atom is -0.343 e. The summed E-state index contributed by atoms with van der Waals surface area (Å²) >= 11 is 4.25. The molecule has 0 saturated carbocycles. The molecular formula is C9H14F3NOS. The van der Waals surface area contributed by atoms with Crippen molar-refractivity contribution in [3.05, 3.63) is 0 Å². The van der Waals surface area contributed by atoms with Gasteiger partial charge in [0.15, 0.2) is 0 Å². The quantitative estimate of drug-likeness (QED) is 0.735. The van der Waals surface area contributed by atoms with Crippen LogP contribution in [0.1, 0.15) is 25.7 Å². The second-order valence-corrected chi connectivity index (χ2v) is 4.46. The molecule has 0 aromatic rings. The summed E-state index contributed by atoms with van der Waals surface area (Å²) in [6.45, 7) is 1.07. The molecule has 0 bridgehead atoms. The molecule has 1 saturated heterocycles. The van der Waals surface area contributed by atoms with Crippen LogP contribution in [0, 0.1) is 0 Å².